The first-order valence-corrected chi connectivity index (χ1v) is 9.65. The Hall–Kier alpha value is -3.33. The zero-order valence-electron chi connectivity index (χ0n) is 16.5. The van der Waals surface area contributed by atoms with Crippen molar-refractivity contribution in [3.05, 3.63) is 47.8 Å². The highest BCUT2D eigenvalue weighted by Gasteiger charge is 2.18. The fraction of sp³-hybridized carbons (Fsp3) is 0.250. The summed E-state index contributed by atoms with van der Waals surface area (Å²) in [5.74, 6) is 3.06. The molecule has 0 N–H and O–H groups in total. The van der Waals surface area contributed by atoms with Gasteiger partial charge < -0.3 is 18.9 Å². The zero-order valence-corrected chi connectivity index (χ0v) is 17.3. The van der Waals surface area contributed by atoms with Crippen LogP contribution < -0.4 is 18.9 Å². The molecule has 9 heteroatoms. The van der Waals surface area contributed by atoms with Crippen molar-refractivity contribution in [2.75, 3.05) is 21.3 Å². The second kappa shape index (κ2) is 7.96. The Kier molecular flexibility index (Phi) is 5.22. The molecule has 0 aliphatic carbocycles. The number of hydrogen-bond acceptors (Lipinski definition) is 8. The molecule has 0 radical (unpaired) electrons. The van der Waals surface area contributed by atoms with Crippen LogP contribution in [0.4, 0.5) is 0 Å². The van der Waals surface area contributed by atoms with Gasteiger partial charge in [0.05, 0.1) is 21.3 Å². The zero-order chi connectivity index (χ0) is 20.4. The van der Waals surface area contributed by atoms with Gasteiger partial charge in [-0.3, -0.25) is 0 Å². The summed E-state index contributed by atoms with van der Waals surface area (Å²) in [5, 5.41) is 13.8. The predicted molar refractivity (Wildman–Crippen MR) is 109 cm³/mol. The molecule has 0 aliphatic heterocycles. The van der Waals surface area contributed by atoms with Crippen LogP contribution in [0.3, 0.4) is 0 Å². The highest BCUT2D eigenvalue weighted by molar-refractivity contribution is 7.19. The maximum Gasteiger partial charge on any atom is 0.235 e. The average Bonchev–Trinajstić information content (AvgIpc) is 3.33. The topological polar surface area (TPSA) is 80.0 Å². The predicted octanol–water partition coefficient (Wildman–Crippen LogP) is 3.77. The third kappa shape index (κ3) is 3.68. The van der Waals surface area contributed by atoms with Gasteiger partial charge in [-0.1, -0.05) is 29.0 Å². The van der Waals surface area contributed by atoms with E-state index in [2.05, 4.69) is 15.3 Å². The van der Waals surface area contributed by atoms with E-state index in [0.717, 1.165) is 16.3 Å². The second-order valence-corrected chi connectivity index (χ2v) is 7.19. The average molecular weight is 412 g/mol. The SMILES string of the molecule is COc1cc(-c2nn3c(COc4ccc(C)cc4)nnc3s2)cc(OC)c1OC. The van der Waals surface area contributed by atoms with Crippen LogP contribution in [0.25, 0.3) is 15.5 Å². The maximum atomic E-state index is 5.82. The van der Waals surface area contributed by atoms with Crippen molar-refractivity contribution in [2.24, 2.45) is 0 Å². The molecular weight excluding hydrogens is 392 g/mol. The van der Waals surface area contributed by atoms with Crippen molar-refractivity contribution in [1.82, 2.24) is 19.8 Å². The van der Waals surface area contributed by atoms with Crippen LogP contribution in [0.2, 0.25) is 0 Å². The van der Waals surface area contributed by atoms with E-state index >= 15 is 0 Å². The number of hydrogen-bond donors (Lipinski definition) is 0. The van der Waals surface area contributed by atoms with Crippen molar-refractivity contribution < 1.29 is 18.9 Å². The number of aromatic nitrogens is 4. The van der Waals surface area contributed by atoms with Crippen LogP contribution in [-0.4, -0.2) is 41.1 Å². The van der Waals surface area contributed by atoms with Crippen LogP contribution in [0.15, 0.2) is 36.4 Å². The van der Waals surface area contributed by atoms with Crippen LogP contribution in [0.1, 0.15) is 11.4 Å². The molecule has 8 nitrogen and oxygen atoms in total. The Balaban J connectivity index is 1.64. The number of aryl methyl sites for hydroxylation is 1. The fourth-order valence-electron chi connectivity index (χ4n) is 2.85. The maximum absolute atomic E-state index is 5.82. The molecule has 2 heterocycles. The van der Waals surface area contributed by atoms with Gasteiger partial charge in [0.15, 0.2) is 17.3 Å². The van der Waals surface area contributed by atoms with Crippen LogP contribution >= 0.6 is 11.3 Å². The number of methoxy groups -OCH3 is 3. The van der Waals surface area contributed by atoms with E-state index in [-0.39, 0.29) is 6.61 Å². The summed E-state index contributed by atoms with van der Waals surface area (Å²) in [6.07, 6.45) is 0. The van der Waals surface area contributed by atoms with Gasteiger partial charge in [-0.2, -0.15) is 9.61 Å². The molecule has 0 spiro atoms. The van der Waals surface area contributed by atoms with Gasteiger partial charge >= 0.3 is 0 Å². The summed E-state index contributed by atoms with van der Waals surface area (Å²) in [4.78, 5) is 0.677. The first-order chi connectivity index (χ1) is 14.1. The third-order valence-corrected chi connectivity index (χ3v) is 5.30. The molecule has 0 saturated heterocycles. The van der Waals surface area contributed by atoms with Crippen LogP contribution in [0, 0.1) is 6.92 Å². The molecule has 2 aromatic carbocycles. The fourth-order valence-corrected chi connectivity index (χ4v) is 3.70. The van der Waals surface area contributed by atoms with Crippen LogP contribution in [-0.2, 0) is 6.61 Å². The van der Waals surface area contributed by atoms with Crippen molar-refractivity contribution in [3.63, 3.8) is 0 Å². The summed E-state index contributed by atoms with van der Waals surface area (Å²) in [7, 11) is 4.74. The lowest BCUT2D eigenvalue weighted by Crippen LogP contribution is -2.02. The molecular formula is C20H20N4O4S. The van der Waals surface area contributed by atoms with E-state index in [1.807, 2.05) is 43.3 Å². The molecule has 2 aromatic heterocycles. The van der Waals surface area contributed by atoms with E-state index < -0.39 is 0 Å². The summed E-state index contributed by atoms with van der Waals surface area (Å²) >= 11 is 1.42. The summed E-state index contributed by atoms with van der Waals surface area (Å²) in [5.41, 5.74) is 2.01. The number of benzene rings is 2. The summed E-state index contributed by atoms with van der Waals surface area (Å²) < 4.78 is 23.8. The van der Waals surface area contributed by atoms with Crippen molar-refractivity contribution in [3.8, 4) is 33.6 Å². The molecule has 0 atom stereocenters. The Bertz CT molecular complexity index is 1110. The molecule has 4 rings (SSSR count). The number of fused-ring (bicyclic) bond motifs is 1. The monoisotopic (exact) mass is 412 g/mol. The normalized spacial score (nSPS) is 10.9. The van der Waals surface area contributed by atoms with Gasteiger partial charge in [0.2, 0.25) is 10.7 Å². The Morgan fingerprint density at radius 3 is 2.24 bits per heavy atom. The summed E-state index contributed by atoms with van der Waals surface area (Å²) in [6, 6.07) is 11.6. The summed E-state index contributed by atoms with van der Waals surface area (Å²) in [6.45, 7) is 2.30. The minimum Gasteiger partial charge on any atom is -0.493 e. The second-order valence-electron chi connectivity index (χ2n) is 6.23. The molecule has 0 amide bonds. The van der Waals surface area contributed by atoms with E-state index in [1.54, 1.807) is 25.8 Å². The quantitative estimate of drug-likeness (QED) is 0.457. The first-order valence-electron chi connectivity index (χ1n) is 8.84. The molecule has 150 valence electrons. The molecule has 0 fully saturated rings. The third-order valence-electron chi connectivity index (χ3n) is 4.36. The molecule has 0 bridgehead atoms. The van der Waals surface area contributed by atoms with Gasteiger partial charge in [0.1, 0.15) is 17.4 Å². The largest absolute Gasteiger partial charge is 0.493 e. The smallest absolute Gasteiger partial charge is 0.235 e. The minimum atomic E-state index is 0.267. The van der Waals surface area contributed by atoms with E-state index in [9.17, 15) is 0 Å². The lowest BCUT2D eigenvalue weighted by molar-refractivity contribution is 0.293. The van der Waals surface area contributed by atoms with Gasteiger partial charge in [0.25, 0.3) is 0 Å². The van der Waals surface area contributed by atoms with E-state index in [0.29, 0.717) is 28.0 Å². The number of ether oxygens (including phenoxy) is 4. The minimum absolute atomic E-state index is 0.267. The Morgan fingerprint density at radius 2 is 1.62 bits per heavy atom. The highest BCUT2D eigenvalue weighted by atomic mass is 32.1. The standard InChI is InChI=1S/C20H20N4O4S/c1-12-5-7-14(8-6-12)28-11-17-21-22-20-24(17)23-19(29-20)13-9-15(25-2)18(27-4)16(10-13)26-3/h5-10H,11H2,1-4H3. The number of rotatable bonds is 7. The Morgan fingerprint density at radius 1 is 0.931 bits per heavy atom. The van der Waals surface area contributed by atoms with Crippen molar-refractivity contribution >= 4 is 16.3 Å². The van der Waals surface area contributed by atoms with Gasteiger partial charge in [0, 0.05) is 5.56 Å². The first kappa shape index (κ1) is 19.0. The van der Waals surface area contributed by atoms with E-state index in [1.165, 1.54) is 16.9 Å². The highest BCUT2D eigenvalue weighted by Crippen LogP contribution is 2.41. The van der Waals surface area contributed by atoms with Gasteiger partial charge in [-0.15, -0.1) is 10.2 Å². The Labute approximate surface area is 171 Å². The molecule has 0 saturated carbocycles. The van der Waals surface area contributed by atoms with Gasteiger partial charge in [-0.25, -0.2) is 0 Å². The van der Waals surface area contributed by atoms with Crippen molar-refractivity contribution in [2.45, 2.75) is 13.5 Å². The van der Waals surface area contributed by atoms with Crippen molar-refractivity contribution in [1.29, 1.82) is 0 Å². The lowest BCUT2D eigenvalue weighted by Gasteiger charge is -2.13. The molecule has 29 heavy (non-hydrogen) atoms. The number of nitrogens with zero attached hydrogens (tertiary/aromatic N) is 4. The molecule has 0 unspecified atom stereocenters. The molecule has 0 aliphatic rings. The lowest BCUT2D eigenvalue weighted by atomic mass is 10.2. The van der Waals surface area contributed by atoms with Gasteiger partial charge in [-0.05, 0) is 31.2 Å². The van der Waals surface area contributed by atoms with E-state index in [4.69, 9.17) is 18.9 Å². The van der Waals surface area contributed by atoms with Crippen LogP contribution in [0.5, 0.6) is 23.0 Å². The molecule has 4 aromatic rings.